The van der Waals surface area contributed by atoms with E-state index < -0.39 is 5.38 Å². The number of amides is 1. The lowest BCUT2D eigenvalue weighted by Gasteiger charge is -2.24. The van der Waals surface area contributed by atoms with Gasteiger partial charge in [-0.15, -0.1) is 11.6 Å². The minimum atomic E-state index is -0.501. The van der Waals surface area contributed by atoms with E-state index in [-0.39, 0.29) is 5.91 Å². The van der Waals surface area contributed by atoms with Crippen molar-refractivity contribution in [2.45, 2.75) is 45.2 Å². The van der Waals surface area contributed by atoms with Gasteiger partial charge in [-0.25, -0.2) is 0 Å². The average Bonchev–Trinajstić information content (AvgIpc) is 3.04. The summed E-state index contributed by atoms with van der Waals surface area (Å²) >= 11 is 6.03. The van der Waals surface area contributed by atoms with Gasteiger partial charge in [0, 0.05) is 25.0 Å². The standard InChI is InChI=1S/C20H27ClN2O2/c1-4-5-11-23(20(24)16(2)21)15-18-9-7-12-22(18)14-17-8-6-10-19(13-17)25-3/h6-10,12-13,16H,4-5,11,14-15H2,1-3H3/t16-/m0/s1. The molecular formula is C20H27ClN2O2. The predicted octanol–water partition coefficient (Wildman–Crippen LogP) is 4.30. The molecule has 0 N–H and O–H groups in total. The van der Waals surface area contributed by atoms with Gasteiger partial charge >= 0.3 is 0 Å². The summed E-state index contributed by atoms with van der Waals surface area (Å²) in [5.41, 5.74) is 2.26. The van der Waals surface area contributed by atoms with Gasteiger partial charge in [0.05, 0.1) is 13.7 Å². The van der Waals surface area contributed by atoms with Crippen molar-refractivity contribution in [3.05, 3.63) is 53.9 Å². The van der Waals surface area contributed by atoms with Gasteiger partial charge in [-0.05, 0) is 43.2 Å². The van der Waals surface area contributed by atoms with Gasteiger partial charge in [0.1, 0.15) is 11.1 Å². The maximum atomic E-state index is 12.4. The van der Waals surface area contributed by atoms with Crippen molar-refractivity contribution in [1.29, 1.82) is 0 Å². The zero-order chi connectivity index (χ0) is 18.2. The molecule has 1 aromatic heterocycles. The third kappa shape index (κ3) is 5.53. The van der Waals surface area contributed by atoms with Gasteiger partial charge in [0.25, 0.3) is 0 Å². The van der Waals surface area contributed by atoms with E-state index in [2.05, 4.69) is 23.6 Å². The fraction of sp³-hybridized carbons (Fsp3) is 0.450. The SMILES string of the molecule is CCCCN(Cc1cccn1Cc1cccc(OC)c1)C(=O)[C@H](C)Cl. The summed E-state index contributed by atoms with van der Waals surface area (Å²) in [5, 5.41) is -0.501. The Kier molecular flexibility index (Phi) is 7.38. The van der Waals surface area contributed by atoms with E-state index in [1.54, 1.807) is 14.0 Å². The Morgan fingerprint density at radius 1 is 1.32 bits per heavy atom. The van der Waals surface area contributed by atoms with E-state index in [0.717, 1.165) is 42.9 Å². The number of halogens is 1. The summed E-state index contributed by atoms with van der Waals surface area (Å²) in [5.74, 6) is 0.839. The highest BCUT2D eigenvalue weighted by Crippen LogP contribution is 2.16. The molecule has 0 saturated heterocycles. The first-order valence-corrected chi connectivity index (χ1v) is 9.18. The molecule has 0 aliphatic rings. The maximum absolute atomic E-state index is 12.4. The number of nitrogens with zero attached hydrogens (tertiary/aromatic N) is 2. The van der Waals surface area contributed by atoms with Crippen LogP contribution < -0.4 is 4.74 Å². The van der Waals surface area contributed by atoms with Crippen LogP contribution in [0.3, 0.4) is 0 Å². The first-order valence-electron chi connectivity index (χ1n) is 8.75. The molecule has 0 aliphatic heterocycles. The number of alkyl halides is 1. The fourth-order valence-corrected chi connectivity index (χ4v) is 2.92. The van der Waals surface area contributed by atoms with Crippen LogP contribution in [0, 0.1) is 0 Å². The number of ether oxygens (including phenoxy) is 1. The van der Waals surface area contributed by atoms with Crippen LogP contribution in [-0.4, -0.2) is 34.4 Å². The normalized spacial score (nSPS) is 12.0. The summed E-state index contributed by atoms with van der Waals surface area (Å²) < 4.78 is 7.46. The summed E-state index contributed by atoms with van der Waals surface area (Å²) in [6.07, 6.45) is 4.07. The van der Waals surface area contributed by atoms with Crippen molar-refractivity contribution in [1.82, 2.24) is 9.47 Å². The zero-order valence-corrected chi connectivity index (χ0v) is 16.0. The molecule has 5 heteroatoms. The Labute approximate surface area is 155 Å². The van der Waals surface area contributed by atoms with E-state index in [0.29, 0.717) is 6.54 Å². The highest BCUT2D eigenvalue weighted by Gasteiger charge is 2.19. The van der Waals surface area contributed by atoms with Gasteiger partial charge in [-0.1, -0.05) is 25.5 Å². The van der Waals surface area contributed by atoms with Crippen molar-refractivity contribution in [2.24, 2.45) is 0 Å². The van der Waals surface area contributed by atoms with Crippen molar-refractivity contribution in [3.8, 4) is 5.75 Å². The first kappa shape index (κ1) is 19.4. The Morgan fingerprint density at radius 2 is 2.12 bits per heavy atom. The van der Waals surface area contributed by atoms with Crippen LogP contribution in [-0.2, 0) is 17.9 Å². The van der Waals surface area contributed by atoms with Crippen LogP contribution in [0.25, 0.3) is 0 Å². The van der Waals surface area contributed by atoms with Gasteiger partial charge in [0.2, 0.25) is 5.91 Å². The average molecular weight is 363 g/mol. The highest BCUT2D eigenvalue weighted by molar-refractivity contribution is 6.30. The lowest BCUT2D eigenvalue weighted by molar-refractivity contribution is -0.131. The third-order valence-corrected chi connectivity index (χ3v) is 4.38. The molecule has 0 unspecified atom stereocenters. The van der Waals surface area contributed by atoms with Crippen molar-refractivity contribution >= 4 is 17.5 Å². The minimum Gasteiger partial charge on any atom is -0.497 e. The number of hydrogen-bond donors (Lipinski definition) is 0. The molecular weight excluding hydrogens is 336 g/mol. The lowest BCUT2D eigenvalue weighted by atomic mass is 10.2. The molecule has 1 aromatic carbocycles. The van der Waals surface area contributed by atoms with Crippen LogP contribution >= 0.6 is 11.6 Å². The van der Waals surface area contributed by atoms with Crippen LogP contribution in [0.4, 0.5) is 0 Å². The largest absolute Gasteiger partial charge is 0.497 e. The second-order valence-corrected chi connectivity index (χ2v) is 6.86. The fourth-order valence-electron chi connectivity index (χ4n) is 2.78. The summed E-state index contributed by atoms with van der Waals surface area (Å²) in [4.78, 5) is 14.3. The molecule has 0 radical (unpaired) electrons. The molecule has 0 bridgehead atoms. The Balaban J connectivity index is 2.14. The summed E-state index contributed by atoms with van der Waals surface area (Å²) in [6, 6.07) is 12.1. The minimum absolute atomic E-state index is 0.00996. The van der Waals surface area contributed by atoms with Crippen molar-refractivity contribution in [3.63, 3.8) is 0 Å². The van der Waals surface area contributed by atoms with Crippen LogP contribution in [0.2, 0.25) is 0 Å². The maximum Gasteiger partial charge on any atom is 0.240 e. The highest BCUT2D eigenvalue weighted by atomic mass is 35.5. The Bertz CT molecular complexity index is 682. The van der Waals surface area contributed by atoms with Crippen LogP contribution in [0.15, 0.2) is 42.6 Å². The Hall–Kier alpha value is -1.94. The monoisotopic (exact) mass is 362 g/mol. The smallest absolute Gasteiger partial charge is 0.240 e. The summed E-state index contributed by atoms with van der Waals surface area (Å²) in [6.45, 7) is 5.91. The molecule has 1 heterocycles. The number of unbranched alkanes of at least 4 members (excludes halogenated alkanes) is 1. The molecule has 136 valence electrons. The molecule has 2 aromatic rings. The van der Waals surface area contributed by atoms with E-state index in [1.807, 2.05) is 35.4 Å². The number of rotatable bonds is 9. The van der Waals surface area contributed by atoms with Crippen molar-refractivity contribution < 1.29 is 9.53 Å². The molecule has 1 amide bonds. The van der Waals surface area contributed by atoms with Crippen molar-refractivity contribution in [2.75, 3.05) is 13.7 Å². The number of methoxy groups -OCH3 is 1. The molecule has 0 aliphatic carbocycles. The molecule has 0 spiro atoms. The summed E-state index contributed by atoms with van der Waals surface area (Å²) in [7, 11) is 1.67. The Morgan fingerprint density at radius 3 is 2.80 bits per heavy atom. The van der Waals surface area contributed by atoms with Gasteiger partial charge in [0.15, 0.2) is 0 Å². The lowest BCUT2D eigenvalue weighted by Crippen LogP contribution is -2.36. The number of carbonyl (C=O) groups excluding carboxylic acids is 1. The molecule has 2 rings (SSSR count). The van der Waals surface area contributed by atoms with Crippen LogP contribution in [0.5, 0.6) is 5.75 Å². The number of carbonyl (C=O) groups is 1. The van der Waals surface area contributed by atoms with Gasteiger partial charge < -0.3 is 14.2 Å². The van der Waals surface area contributed by atoms with E-state index >= 15 is 0 Å². The zero-order valence-electron chi connectivity index (χ0n) is 15.2. The predicted molar refractivity (Wildman–Crippen MR) is 102 cm³/mol. The first-order chi connectivity index (χ1) is 12.0. The topological polar surface area (TPSA) is 34.5 Å². The second kappa shape index (κ2) is 9.52. The van der Waals surface area contributed by atoms with Crippen LogP contribution in [0.1, 0.15) is 37.9 Å². The molecule has 25 heavy (non-hydrogen) atoms. The van der Waals surface area contributed by atoms with E-state index in [4.69, 9.17) is 16.3 Å². The molecule has 0 fully saturated rings. The van der Waals surface area contributed by atoms with E-state index in [9.17, 15) is 4.79 Å². The molecule has 0 saturated carbocycles. The van der Waals surface area contributed by atoms with E-state index in [1.165, 1.54) is 0 Å². The number of hydrogen-bond acceptors (Lipinski definition) is 2. The number of aromatic nitrogens is 1. The second-order valence-electron chi connectivity index (χ2n) is 6.21. The molecule has 1 atom stereocenters. The number of benzene rings is 1. The molecule has 4 nitrogen and oxygen atoms in total. The van der Waals surface area contributed by atoms with Gasteiger partial charge in [-0.2, -0.15) is 0 Å². The quantitative estimate of drug-likeness (QED) is 0.623. The van der Waals surface area contributed by atoms with Gasteiger partial charge in [-0.3, -0.25) is 4.79 Å². The third-order valence-electron chi connectivity index (χ3n) is 4.20.